The fraction of sp³-hybridized carbons (Fsp3) is 0.562. The molecule has 1 aromatic heterocycles. The minimum Gasteiger partial charge on any atom is -0.498 e. The van der Waals surface area contributed by atoms with Gasteiger partial charge in [0.05, 0.1) is 13.7 Å². The molecular formula is C16H23NO2. The van der Waals surface area contributed by atoms with Crippen molar-refractivity contribution in [1.82, 2.24) is 4.98 Å². The van der Waals surface area contributed by atoms with Gasteiger partial charge in [0.25, 0.3) is 0 Å². The zero-order valence-electron chi connectivity index (χ0n) is 12.1. The van der Waals surface area contributed by atoms with Crippen molar-refractivity contribution in [2.24, 2.45) is 0 Å². The smallest absolute Gasteiger partial charge is 0.212 e. The fourth-order valence-electron chi connectivity index (χ4n) is 2.37. The van der Waals surface area contributed by atoms with Gasteiger partial charge in [-0.15, -0.1) is 0 Å². The summed E-state index contributed by atoms with van der Waals surface area (Å²) in [5, 5.41) is 0. The van der Waals surface area contributed by atoms with E-state index in [4.69, 9.17) is 9.47 Å². The number of pyridine rings is 1. The van der Waals surface area contributed by atoms with Gasteiger partial charge in [0.1, 0.15) is 5.76 Å². The van der Waals surface area contributed by atoms with E-state index < -0.39 is 0 Å². The second kappa shape index (κ2) is 6.60. The van der Waals surface area contributed by atoms with Gasteiger partial charge in [-0.1, -0.05) is 19.4 Å². The summed E-state index contributed by atoms with van der Waals surface area (Å²) >= 11 is 0. The van der Waals surface area contributed by atoms with Crippen LogP contribution in [0.3, 0.4) is 0 Å². The summed E-state index contributed by atoms with van der Waals surface area (Å²) in [7, 11) is 1.64. The number of aromatic nitrogens is 1. The minimum absolute atomic E-state index is 0.348. The molecule has 1 fully saturated rings. The van der Waals surface area contributed by atoms with Crippen LogP contribution >= 0.6 is 0 Å². The molecule has 0 amide bonds. The van der Waals surface area contributed by atoms with Gasteiger partial charge in [-0.05, 0) is 37.3 Å². The van der Waals surface area contributed by atoms with Crippen LogP contribution in [0.2, 0.25) is 0 Å². The molecule has 0 N–H and O–H groups in total. The largest absolute Gasteiger partial charge is 0.498 e. The molecule has 0 aromatic carbocycles. The SMILES string of the molecule is CCC[C@@H](C(OCC)=C1CC1)c1ccc(OC)nc1. The van der Waals surface area contributed by atoms with E-state index in [1.165, 1.54) is 29.7 Å². The molecule has 1 heterocycles. The molecule has 104 valence electrons. The summed E-state index contributed by atoms with van der Waals surface area (Å²) in [5.41, 5.74) is 2.71. The van der Waals surface area contributed by atoms with Gasteiger partial charge in [0.2, 0.25) is 5.88 Å². The van der Waals surface area contributed by atoms with Crippen LogP contribution in [-0.4, -0.2) is 18.7 Å². The van der Waals surface area contributed by atoms with E-state index in [0.29, 0.717) is 11.8 Å². The van der Waals surface area contributed by atoms with Gasteiger partial charge in [-0.3, -0.25) is 0 Å². The zero-order chi connectivity index (χ0) is 13.7. The van der Waals surface area contributed by atoms with Crippen LogP contribution in [0.5, 0.6) is 5.88 Å². The third kappa shape index (κ3) is 3.49. The molecule has 0 saturated heterocycles. The highest BCUT2D eigenvalue weighted by Crippen LogP contribution is 2.41. The normalized spacial score (nSPS) is 15.0. The third-order valence-corrected chi connectivity index (χ3v) is 3.41. The van der Waals surface area contributed by atoms with Crippen LogP contribution in [0, 0.1) is 0 Å². The van der Waals surface area contributed by atoms with Crippen molar-refractivity contribution in [1.29, 1.82) is 0 Å². The fourth-order valence-corrected chi connectivity index (χ4v) is 2.37. The number of methoxy groups -OCH3 is 1. The second-order valence-corrected chi connectivity index (χ2v) is 4.88. The van der Waals surface area contributed by atoms with E-state index >= 15 is 0 Å². The van der Waals surface area contributed by atoms with Crippen LogP contribution in [0.25, 0.3) is 0 Å². The number of ether oxygens (including phenoxy) is 2. The Kier molecular flexibility index (Phi) is 4.83. The van der Waals surface area contributed by atoms with E-state index in [1.807, 2.05) is 12.3 Å². The zero-order valence-corrected chi connectivity index (χ0v) is 12.1. The molecule has 3 heteroatoms. The van der Waals surface area contributed by atoms with Crippen molar-refractivity contribution in [3.8, 4) is 5.88 Å². The lowest BCUT2D eigenvalue weighted by atomic mass is 9.93. The predicted octanol–water partition coefficient (Wildman–Crippen LogP) is 4.06. The van der Waals surface area contributed by atoms with Crippen LogP contribution in [-0.2, 0) is 4.74 Å². The third-order valence-electron chi connectivity index (χ3n) is 3.41. The number of hydrogen-bond acceptors (Lipinski definition) is 3. The van der Waals surface area contributed by atoms with Crippen molar-refractivity contribution in [2.45, 2.75) is 45.4 Å². The Morgan fingerprint density at radius 2 is 2.11 bits per heavy atom. The Morgan fingerprint density at radius 3 is 2.58 bits per heavy atom. The number of nitrogens with zero attached hydrogens (tertiary/aromatic N) is 1. The summed E-state index contributed by atoms with van der Waals surface area (Å²) in [4.78, 5) is 4.32. The van der Waals surface area contributed by atoms with Crippen LogP contribution in [0.4, 0.5) is 0 Å². The second-order valence-electron chi connectivity index (χ2n) is 4.88. The number of allylic oxidation sites excluding steroid dienone is 2. The van der Waals surface area contributed by atoms with E-state index in [9.17, 15) is 0 Å². The van der Waals surface area contributed by atoms with Gasteiger partial charge in [-0.2, -0.15) is 0 Å². The molecule has 2 rings (SSSR count). The lowest BCUT2D eigenvalue weighted by molar-refractivity contribution is 0.203. The first-order valence-electron chi connectivity index (χ1n) is 7.14. The molecule has 1 aliphatic rings. The topological polar surface area (TPSA) is 31.4 Å². The lowest BCUT2D eigenvalue weighted by Crippen LogP contribution is -2.07. The van der Waals surface area contributed by atoms with Crippen LogP contribution in [0.15, 0.2) is 29.7 Å². The molecule has 19 heavy (non-hydrogen) atoms. The summed E-state index contributed by atoms with van der Waals surface area (Å²) in [5.74, 6) is 2.20. The Bertz CT molecular complexity index is 431. The van der Waals surface area contributed by atoms with Gasteiger partial charge in [0.15, 0.2) is 0 Å². The summed E-state index contributed by atoms with van der Waals surface area (Å²) in [6.45, 7) is 5.01. The van der Waals surface area contributed by atoms with Crippen molar-refractivity contribution in [3.05, 3.63) is 35.2 Å². The van der Waals surface area contributed by atoms with Gasteiger partial charge >= 0.3 is 0 Å². The average molecular weight is 261 g/mol. The van der Waals surface area contributed by atoms with Crippen molar-refractivity contribution >= 4 is 0 Å². The lowest BCUT2D eigenvalue weighted by Gasteiger charge is -2.20. The molecule has 1 atom stereocenters. The molecule has 0 spiro atoms. The van der Waals surface area contributed by atoms with Crippen LogP contribution < -0.4 is 4.74 Å². The molecule has 0 radical (unpaired) electrons. The first-order valence-corrected chi connectivity index (χ1v) is 7.14. The molecule has 3 nitrogen and oxygen atoms in total. The molecule has 1 aliphatic carbocycles. The predicted molar refractivity (Wildman–Crippen MR) is 76.3 cm³/mol. The Labute approximate surface area is 115 Å². The maximum absolute atomic E-state index is 5.91. The highest BCUT2D eigenvalue weighted by molar-refractivity contribution is 5.33. The molecule has 1 saturated carbocycles. The Balaban J connectivity index is 2.25. The minimum atomic E-state index is 0.348. The summed E-state index contributed by atoms with van der Waals surface area (Å²) in [6, 6.07) is 4.03. The molecule has 0 bridgehead atoms. The Morgan fingerprint density at radius 1 is 1.32 bits per heavy atom. The van der Waals surface area contributed by atoms with E-state index in [0.717, 1.165) is 19.4 Å². The van der Waals surface area contributed by atoms with Crippen LogP contribution in [0.1, 0.15) is 51.0 Å². The monoisotopic (exact) mass is 261 g/mol. The molecule has 0 unspecified atom stereocenters. The summed E-state index contributed by atoms with van der Waals surface area (Å²) < 4.78 is 11.0. The summed E-state index contributed by atoms with van der Waals surface area (Å²) in [6.07, 6.45) is 6.55. The number of hydrogen-bond donors (Lipinski definition) is 0. The standard InChI is InChI=1S/C16H23NO2/c1-4-6-14(16(19-5-2)12-7-8-12)13-9-10-15(18-3)17-11-13/h9-11,14H,4-8H2,1-3H3/t14-/m1/s1. The van der Waals surface area contributed by atoms with Gasteiger partial charge in [0, 0.05) is 18.2 Å². The average Bonchev–Trinajstić information content (AvgIpc) is 3.27. The van der Waals surface area contributed by atoms with E-state index in [1.54, 1.807) is 7.11 Å². The molecule has 0 aliphatic heterocycles. The van der Waals surface area contributed by atoms with Crippen molar-refractivity contribution in [2.75, 3.05) is 13.7 Å². The first-order chi connectivity index (χ1) is 9.30. The highest BCUT2D eigenvalue weighted by atomic mass is 16.5. The quantitative estimate of drug-likeness (QED) is 0.694. The van der Waals surface area contributed by atoms with Crippen molar-refractivity contribution < 1.29 is 9.47 Å². The van der Waals surface area contributed by atoms with E-state index in [2.05, 4.69) is 24.9 Å². The maximum Gasteiger partial charge on any atom is 0.212 e. The molecular weight excluding hydrogens is 238 g/mol. The first kappa shape index (κ1) is 13.9. The van der Waals surface area contributed by atoms with Gasteiger partial charge in [-0.25, -0.2) is 4.98 Å². The number of rotatable bonds is 7. The van der Waals surface area contributed by atoms with Gasteiger partial charge < -0.3 is 9.47 Å². The maximum atomic E-state index is 5.91. The highest BCUT2D eigenvalue weighted by Gasteiger charge is 2.26. The van der Waals surface area contributed by atoms with Crippen molar-refractivity contribution in [3.63, 3.8) is 0 Å². The molecule has 1 aromatic rings. The van der Waals surface area contributed by atoms with E-state index in [-0.39, 0.29) is 0 Å². The Hall–Kier alpha value is -1.51.